The average Bonchev–Trinajstić information content (AvgIpc) is 3.58. The van der Waals surface area contributed by atoms with Crippen LogP contribution < -0.4 is 5.56 Å². The summed E-state index contributed by atoms with van der Waals surface area (Å²) in [6, 6.07) is 8.74. The molecule has 3 heterocycles. The van der Waals surface area contributed by atoms with Crippen LogP contribution in [0.2, 0.25) is 0 Å². The summed E-state index contributed by atoms with van der Waals surface area (Å²) < 4.78 is 7.77. The Hall–Kier alpha value is -2.58. The fourth-order valence-electron chi connectivity index (χ4n) is 5.53. The van der Waals surface area contributed by atoms with E-state index >= 15 is 0 Å². The Morgan fingerprint density at radius 3 is 2.82 bits per heavy atom. The number of tetrazole rings is 1. The monoisotopic (exact) mass is 450 g/mol. The number of pyridine rings is 1. The first-order valence-corrected chi connectivity index (χ1v) is 12.4. The quantitative estimate of drug-likeness (QED) is 0.560. The lowest BCUT2D eigenvalue weighted by atomic mass is 10.0. The number of fused-ring (bicyclic) bond motifs is 1. The number of aromatic nitrogens is 5. The summed E-state index contributed by atoms with van der Waals surface area (Å²) in [5, 5.41) is 13.9. The normalized spacial score (nSPS) is 20.3. The number of H-pyrrole nitrogens is 1. The molecule has 2 aliphatic rings. The van der Waals surface area contributed by atoms with Crippen LogP contribution in [0.15, 0.2) is 29.1 Å². The van der Waals surface area contributed by atoms with Crippen LogP contribution in [-0.4, -0.2) is 48.8 Å². The van der Waals surface area contributed by atoms with Gasteiger partial charge in [0, 0.05) is 30.3 Å². The Morgan fingerprint density at radius 1 is 1.21 bits per heavy atom. The van der Waals surface area contributed by atoms with E-state index in [2.05, 4.69) is 50.5 Å². The van der Waals surface area contributed by atoms with E-state index in [0.29, 0.717) is 19.1 Å². The summed E-state index contributed by atoms with van der Waals surface area (Å²) in [5.74, 6) is 0.882. The number of aryl methyl sites for hydroxylation is 1. The minimum absolute atomic E-state index is 0.00935. The van der Waals surface area contributed by atoms with Crippen LogP contribution in [0.25, 0.3) is 10.9 Å². The van der Waals surface area contributed by atoms with Gasteiger partial charge >= 0.3 is 0 Å². The molecule has 0 unspecified atom stereocenters. The van der Waals surface area contributed by atoms with Crippen molar-refractivity contribution in [3.05, 3.63) is 51.6 Å². The Kier molecular flexibility index (Phi) is 6.55. The minimum Gasteiger partial charge on any atom is -0.376 e. The van der Waals surface area contributed by atoms with Crippen molar-refractivity contribution in [1.82, 2.24) is 30.1 Å². The summed E-state index contributed by atoms with van der Waals surface area (Å²) in [7, 11) is 0. The van der Waals surface area contributed by atoms with E-state index in [1.165, 1.54) is 12.8 Å². The SMILES string of the molecule is CC[C@H](c1nnnn1C[C@@H]1CCCO1)N(Cc1cc2ccc(C)cc2[nH]c1=O)C1CCCC1. The first kappa shape index (κ1) is 22.2. The number of nitrogens with zero attached hydrogens (tertiary/aromatic N) is 5. The van der Waals surface area contributed by atoms with Crippen molar-refractivity contribution in [2.45, 2.75) is 90.1 Å². The third kappa shape index (κ3) is 4.73. The molecule has 0 radical (unpaired) electrons. The molecule has 8 nitrogen and oxygen atoms in total. The predicted molar refractivity (Wildman–Crippen MR) is 127 cm³/mol. The molecule has 5 rings (SSSR count). The van der Waals surface area contributed by atoms with Gasteiger partial charge in [0.25, 0.3) is 5.56 Å². The van der Waals surface area contributed by atoms with E-state index in [1.807, 2.05) is 17.7 Å². The molecule has 3 aromatic rings. The van der Waals surface area contributed by atoms with Gasteiger partial charge in [-0.1, -0.05) is 31.9 Å². The second kappa shape index (κ2) is 9.73. The summed E-state index contributed by atoms with van der Waals surface area (Å²) in [6.07, 6.45) is 7.95. The summed E-state index contributed by atoms with van der Waals surface area (Å²) in [4.78, 5) is 18.6. The van der Waals surface area contributed by atoms with Crippen molar-refractivity contribution in [3.8, 4) is 0 Å². The summed E-state index contributed by atoms with van der Waals surface area (Å²) in [6.45, 7) is 6.32. The highest BCUT2D eigenvalue weighted by Crippen LogP contribution is 2.34. The number of rotatable bonds is 8. The van der Waals surface area contributed by atoms with Gasteiger partial charge in [0.05, 0.1) is 18.7 Å². The number of hydrogen-bond donors (Lipinski definition) is 1. The average molecular weight is 451 g/mol. The van der Waals surface area contributed by atoms with E-state index in [1.54, 1.807) is 0 Å². The van der Waals surface area contributed by atoms with Crippen LogP contribution in [0.3, 0.4) is 0 Å². The molecule has 0 spiro atoms. The van der Waals surface area contributed by atoms with E-state index in [4.69, 9.17) is 4.74 Å². The molecule has 33 heavy (non-hydrogen) atoms. The zero-order valence-corrected chi connectivity index (χ0v) is 19.7. The fraction of sp³-hybridized carbons (Fsp3) is 0.600. The van der Waals surface area contributed by atoms with Crippen LogP contribution in [0.1, 0.15) is 74.9 Å². The van der Waals surface area contributed by atoms with Gasteiger partial charge in [-0.05, 0) is 72.5 Å². The van der Waals surface area contributed by atoms with Crippen LogP contribution in [0.5, 0.6) is 0 Å². The van der Waals surface area contributed by atoms with Crippen molar-refractivity contribution in [2.24, 2.45) is 0 Å². The molecule has 0 amide bonds. The lowest BCUT2D eigenvalue weighted by Crippen LogP contribution is -2.39. The van der Waals surface area contributed by atoms with Gasteiger partial charge in [0.2, 0.25) is 0 Å². The largest absolute Gasteiger partial charge is 0.376 e. The Labute approximate surface area is 194 Å². The van der Waals surface area contributed by atoms with Crippen molar-refractivity contribution >= 4 is 10.9 Å². The van der Waals surface area contributed by atoms with Gasteiger partial charge < -0.3 is 9.72 Å². The molecule has 8 heteroatoms. The maximum atomic E-state index is 13.0. The van der Waals surface area contributed by atoms with Gasteiger partial charge in [0.1, 0.15) is 0 Å². The molecule has 1 saturated carbocycles. The molecule has 1 aromatic carbocycles. The highest BCUT2D eigenvalue weighted by Gasteiger charge is 2.33. The lowest BCUT2D eigenvalue weighted by Gasteiger charge is -2.35. The first-order valence-electron chi connectivity index (χ1n) is 12.4. The number of ether oxygens (including phenoxy) is 1. The molecule has 1 saturated heterocycles. The Bertz CT molecular complexity index is 1140. The van der Waals surface area contributed by atoms with Gasteiger partial charge in [-0.3, -0.25) is 9.69 Å². The van der Waals surface area contributed by atoms with Crippen LogP contribution in [-0.2, 0) is 17.8 Å². The zero-order valence-electron chi connectivity index (χ0n) is 19.7. The predicted octanol–water partition coefficient (Wildman–Crippen LogP) is 3.90. The van der Waals surface area contributed by atoms with E-state index in [-0.39, 0.29) is 17.7 Å². The number of hydrogen-bond acceptors (Lipinski definition) is 6. The van der Waals surface area contributed by atoms with Crippen LogP contribution in [0.4, 0.5) is 0 Å². The molecule has 176 valence electrons. The molecule has 2 aromatic heterocycles. The second-order valence-electron chi connectivity index (χ2n) is 9.60. The minimum atomic E-state index is -0.00935. The van der Waals surface area contributed by atoms with Crippen LogP contribution in [0, 0.1) is 6.92 Å². The van der Waals surface area contributed by atoms with Gasteiger partial charge in [-0.25, -0.2) is 4.68 Å². The molecule has 1 aliphatic carbocycles. The van der Waals surface area contributed by atoms with Crippen LogP contribution >= 0.6 is 0 Å². The second-order valence-corrected chi connectivity index (χ2v) is 9.60. The smallest absolute Gasteiger partial charge is 0.252 e. The summed E-state index contributed by atoms with van der Waals surface area (Å²) in [5.41, 5.74) is 2.83. The van der Waals surface area contributed by atoms with Gasteiger partial charge in [-0.15, -0.1) is 5.10 Å². The highest BCUT2D eigenvalue weighted by atomic mass is 16.5. The maximum absolute atomic E-state index is 13.0. The molecule has 2 atom stereocenters. The molecular weight excluding hydrogens is 416 g/mol. The van der Waals surface area contributed by atoms with Crippen molar-refractivity contribution in [2.75, 3.05) is 6.61 Å². The number of nitrogens with one attached hydrogen (secondary N) is 1. The van der Waals surface area contributed by atoms with Crippen molar-refractivity contribution in [1.29, 1.82) is 0 Å². The lowest BCUT2D eigenvalue weighted by molar-refractivity contribution is 0.0839. The third-order valence-corrected chi connectivity index (χ3v) is 7.27. The van der Waals surface area contributed by atoms with Crippen molar-refractivity contribution in [3.63, 3.8) is 0 Å². The first-order chi connectivity index (χ1) is 16.1. The molecular formula is C25H34N6O2. The number of benzene rings is 1. The standard InChI is InChI=1S/C25H34N6O2/c1-3-23(24-27-28-29-31(24)16-21-9-6-12-33-21)30(20-7-4-5-8-20)15-19-14-18-11-10-17(2)13-22(18)26-25(19)32/h10-11,13-14,20-21,23H,3-9,12,15-16H2,1-2H3,(H,26,32)/t21-,23+/m0/s1. The zero-order chi connectivity index (χ0) is 22.8. The van der Waals surface area contributed by atoms with Gasteiger partial charge in [0.15, 0.2) is 5.82 Å². The van der Waals surface area contributed by atoms with E-state index < -0.39 is 0 Å². The van der Waals surface area contributed by atoms with Crippen molar-refractivity contribution < 1.29 is 4.74 Å². The molecule has 1 N–H and O–H groups in total. The highest BCUT2D eigenvalue weighted by molar-refractivity contribution is 5.79. The van der Waals surface area contributed by atoms with Gasteiger partial charge in [-0.2, -0.15) is 0 Å². The molecule has 0 bridgehead atoms. The topological polar surface area (TPSA) is 88.9 Å². The van der Waals surface area contributed by atoms with E-state index in [9.17, 15) is 4.79 Å². The molecule has 2 fully saturated rings. The van der Waals surface area contributed by atoms with E-state index in [0.717, 1.165) is 66.6 Å². The third-order valence-electron chi connectivity index (χ3n) is 7.27. The Balaban J connectivity index is 1.47. The molecule has 1 aliphatic heterocycles. The number of aromatic amines is 1. The fourth-order valence-corrected chi connectivity index (χ4v) is 5.53. The Morgan fingerprint density at radius 2 is 2.06 bits per heavy atom. The maximum Gasteiger partial charge on any atom is 0.252 e. The summed E-state index contributed by atoms with van der Waals surface area (Å²) >= 11 is 0.